The highest BCUT2D eigenvalue weighted by atomic mass is 35.5. The number of rotatable bonds is 4. The third-order valence-corrected chi connectivity index (χ3v) is 5.99. The van der Waals surface area contributed by atoms with Crippen molar-refractivity contribution < 1.29 is 9.53 Å². The van der Waals surface area contributed by atoms with Crippen LogP contribution in [0, 0.1) is 0 Å². The van der Waals surface area contributed by atoms with E-state index in [4.69, 9.17) is 27.9 Å². The van der Waals surface area contributed by atoms with Gasteiger partial charge < -0.3 is 14.5 Å². The summed E-state index contributed by atoms with van der Waals surface area (Å²) in [6.45, 7) is 0. The highest BCUT2D eigenvalue weighted by molar-refractivity contribution is 6.33. The van der Waals surface area contributed by atoms with Gasteiger partial charge in [0.25, 0.3) is 0 Å². The molecule has 30 heavy (non-hydrogen) atoms. The molecule has 0 unspecified atom stereocenters. The van der Waals surface area contributed by atoms with Crippen molar-refractivity contribution in [1.29, 1.82) is 0 Å². The van der Waals surface area contributed by atoms with Crippen LogP contribution in [0.1, 0.15) is 27.0 Å². The Bertz CT molecular complexity index is 1090. The summed E-state index contributed by atoms with van der Waals surface area (Å²) in [5.74, 6) is -0.437. The summed E-state index contributed by atoms with van der Waals surface area (Å²) in [6, 6.07) is 13.0. The molecule has 1 aromatic heterocycles. The smallest absolute Gasteiger partial charge is 0.340 e. The van der Waals surface area contributed by atoms with E-state index in [1.54, 1.807) is 18.5 Å². The minimum Gasteiger partial charge on any atom is -0.440 e. The number of hydrogen-bond donors (Lipinski definition) is 0. The molecule has 0 atom stereocenters. The fraction of sp³-hybridized carbons (Fsp3) is 0.217. The van der Waals surface area contributed by atoms with Gasteiger partial charge in [0.05, 0.1) is 15.6 Å². The molecule has 0 spiro atoms. The number of carbonyl (C=O) groups is 1. The molecule has 0 radical (unpaired) electrons. The second-order valence-electron chi connectivity index (χ2n) is 7.61. The Labute approximate surface area is 185 Å². The fourth-order valence-corrected chi connectivity index (χ4v) is 4.40. The second-order valence-corrected chi connectivity index (χ2v) is 8.42. The van der Waals surface area contributed by atoms with Crippen molar-refractivity contribution in [2.45, 2.75) is 5.60 Å². The lowest BCUT2D eigenvalue weighted by Crippen LogP contribution is -2.30. The van der Waals surface area contributed by atoms with E-state index in [0.717, 1.165) is 11.4 Å². The van der Waals surface area contributed by atoms with E-state index in [2.05, 4.69) is 4.98 Å². The van der Waals surface area contributed by atoms with E-state index in [-0.39, 0.29) is 0 Å². The number of hydrogen-bond acceptors (Lipinski definition) is 5. The monoisotopic (exact) mass is 441 g/mol. The number of nitrogens with zero attached hydrogens (tertiary/aromatic N) is 3. The number of fused-ring (bicyclic) bond motifs is 1. The van der Waals surface area contributed by atoms with Crippen molar-refractivity contribution in [2.75, 3.05) is 38.0 Å². The van der Waals surface area contributed by atoms with Crippen molar-refractivity contribution in [3.8, 4) is 0 Å². The first-order chi connectivity index (χ1) is 14.3. The van der Waals surface area contributed by atoms with Crippen molar-refractivity contribution in [2.24, 2.45) is 0 Å². The molecule has 2 aromatic carbocycles. The number of ether oxygens (including phenoxy) is 1. The molecule has 1 aliphatic heterocycles. The Balaban J connectivity index is 2.03. The molecule has 7 heteroatoms. The van der Waals surface area contributed by atoms with Gasteiger partial charge in [0.2, 0.25) is 0 Å². The number of carbonyl (C=O) groups excluding carboxylic acids is 1. The van der Waals surface area contributed by atoms with Crippen LogP contribution in [0.5, 0.6) is 0 Å². The topological polar surface area (TPSA) is 45.7 Å². The Kier molecular flexibility index (Phi) is 5.12. The van der Waals surface area contributed by atoms with Gasteiger partial charge >= 0.3 is 5.97 Å². The SMILES string of the molecule is CN(C)c1ccc(C2(c3ccc(N(C)C)cc3Cl)OC(=O)c3ccncc32)c(Cl)c1. The molecule has 4 rings (SSSR count). The first-order valence-electron chi connectivity index (χ1n) is 9.38. The average molecular weight is 442 g/mol. The van der Waals surface area contributed by atoms with Crippen LogP contribution in [0.4, 0.5) is 11.4 Å². The summed E-state index contributed by atoms with van der Waals surface area (Å²) < 4.78 is 6.08. The van der Waals surface area contributed by atoms with Crippen LogP contribution < -0.4 is 9.80 Å². The summed E-state index contributed by atoms with van der Waals surface area (Å²) >= 11 is 13.5. The second kappa shape index (κ2) is 7.49. The van der Waals surface area contributed by atoms with Crippen LogP contribution >= 0.6 is 23.2 Å². The van der Waals surface area contributed by atoms with Crippen LogP contribution in [0.25, 0.3) is 0 Å². The van der Waals surface area contributed by atoms with Crippen LogP contribution in [-0.2, 0) is 10.3 Å². The number of halogens is 2. The highest BCUT2D eigenvalue weighted by Gasteiger charge is 2.51. The average Bonchev–Trinajstić information content (AvgIpc) is 3.01. The zero-order chi connectivity index (χ0) is 21.6. The Morgan fingerprint density at radius 2 is 1.37 bits per heavy atom. The molecular formula is C23H21Cl2N3O2. The first-order valence-corrected chi connectivity index (χ1v) is 10.1. The molecule has 0 saturated heterocycles. The van der Waals surface area contributed by atoms with Crippen LogP contribution in [0.2, 0.25) is 10.0 Å². The quantitative estimate of drug-likeness (QED) is 0.534. The number of cyclic esters (lactones) is 1. The van der Waals surface area contributed by atoms with Gasteiger partial charge in [-0.3, -0.25) is 4.98 Å². The van der Waals surface area contributed by atoms with Crippen molar-refractivity contribution in [1.82, 2.24) is 4.98 Å². The summed E-state index contributed by atoms with van der Waals surface area (Å²) in [5.41, 5.74) is 2.92. The maximum absolute atomic E-state index is 12.8. The number of esters is 1. The summed E-state index contributed by atoms with van der Waals surface area (Å²) in [6.07, 6.45) is 3.22. The minimum absolute atomic E-state index is 0.437. The number of anilines is 2. The first kappa shape index (κ1) is 20.5. The summed E-state index contributed by atoms with van der Waals surface area (Å²) in [7, 11) is 7.75. The molecule has 5 nitrogen and oxygen atoms in total. The van der Waals surface area contributed by atoms with Gasteiger partial charge in [-0.05, 0) is 30.3 Å². The zero-order valence-electron chi connectivity index (χ0n) is 17.1. The van der Waals surface area contributed by atoms with E-state index in [1.165, 1.54) is 0 Å². The lowest BCUT2D eigenvalue weighted by Gasteiger charge is -2.32. The lowest BCUT2D eigenvalue weighted by molar-refractivity contribution is 0.0252. The van der Waals surface area contributed by atoms with Crippen LogP contribution in [0.15, 0.2) is 54.9 Å². The Morgan fingerprint density at radius 3 is 1.83 bits per heavy atom. The van der Waals surface area contributed by atoms with Crippen molar-refractivity contribution in [3.05, 3.63) is 87.2 Å². The normalized spacial score (nSPS) is 14.3. The maximum Gasteiger partial charge on any atom is 0.340 e. The van der Waals surface area contributed by atoms with E-state index in [0.29, 0.717) is 32.3 Å². The van der Waals surface area contributed by atoms with Crippen LogP contribution in [-0.4, -0.2) is 39.1 Å². The predicted octanol–water partition coefficient (Wildman–Crippen LogP) is 4.98. The molecule has 2 heterocycles. The summed E-state index contributed by atoms with van der Waals surface area (Å²) in [4.78, 5) is 21.0. The third-order valence-electron chi connectivity index (χ3n) is 5.36. The highest BCUT2D eigenvalue weighted by Crippen LogP contribution is 2.51. The molecule has 0 bridgehead atoms. The largest absolute Gasteiger partial charge is 0.440 e. The molecule has 0 aliphatic carbocycles. The predicted molar refractivity (Wildman–Crippen MR) is 121 cm³/mol. The minimum atomic E-state index is -1.29. The Morgan fingerprint density at radius 1 is 0.833 bits per heavy atom. The molecular weight excluding hydrogens is 421 g/mol. The molecule has 0 N–H and O–H groups in total. The molecule has 1 aliphatic rings. The van der Waals surface area contributed by atoms with E-state index in [9.17, 15) is 4.79 Å². The van der Waals surface area contributed by atoms with Gasteiger partial charge in [-0.1, -0.05) is 35.3 Å². The van der Waals surface area contributed by atoms with Gasteiger partial charge in [0.15, 0.2) is 5.60 Å². The Hall–Kier alpha value is -2.76. The van der Waals surface area contributed by atoms with Gasteiger partial charge in [0, 0.05) is 68.6 Å². The van der Waals surface area contributed by atoms with Gasteiger partial charge in [-0.25, -0.2) is 4.79 Å². The molecule has 154 valence electrons. The van der Waals surface area contributed by atoms with Gasteiger partial charge in [-0.2, -0.15) is 0 Å². The molecule has 3 aromatic rings. The molecule has 0 fully saturated rings. The van der Waals surface area contributed by atoms with Crippen molar-refractivity contribution >= 4 is 40.5 Å². The van der Waals surface area contributed by atoms with Crippen molar-refractivity contribution in [3.63, 3.8) is 0 Å². The van der Waals surface area contributed by atoms with E-state index >= 15 is 0 Å². The third kappa shape index (κ3) is 3.09. The zero-order valence-corrected chi connectivity index (χ0v) is 18.6. The van der Waals surface area contributed by atoms with Gasteiger partial charge in [-0.15, -0.1) is 0 Å². The fourth-order valence-electron chi connectivity index (χ4n) is 3.78. The van der Waals surface area contributed by atoms with Gasteiger partial charge in [0.1, 0.15) is 0 Å². The number of aromatic nitrogens is 1. The maximum atomic E-state index is 12.8. The summed E-state index contributed by atoms with van der Waals surface area (Å²) in [5, 5.41) is 0.942. The number of pyridine rings is 1. The standard InChI is InChI=1S/C23H21Cl2N3O2/c1-27(2)14-5-7-17(20(24)11-14)23(18-8-6-15(28(3)4)12-21(18)25)19-13-26-10-9-16(19)22(29)30-23/h5-13H,1-4H3. The van der Waals surface area contributed by atoms with Crippen LogP contribution in [0.3, 0.4) is 0 Å². The number of benzene rings is 2. The molecule has 0 amide bonds. The van der Waals surface area contributed by atoms with E-state index < -0.39 is 11.6 Å². The lowest BCUT2D eigenvalue weighted by atomic mass is 9.80. The van der Waals surface area contributed by atoms with E-state index in [1.807, 2.05) is 74.4 Å². The molecule has 0 saturated carbocycles.